The molecule has 4 nitrogen and oxygen atoms in total. The molecule has 2 rings (SSSR count). The normalized spacial score (nSPS) is 26.4. The summed E-state index contributed by atoms with van der Waals surface area (Å²) in [5.74, 6) is 0. The van der Waals surface area contributed by atoms with E-state index in [-0.39, 0.29) is 5.25 Å². The maximum atomic E-state index is 12.3. The molecular weight excluding hydrogens is 236 g/mol. The highest BCUT2D eigenvalue weighted by molar-refractivity contribution is 7.90. The van der Waals surface area contributed by atoms with Crippen molar-refractivity contribution in [3.63, 3.8) is 0 Å². The van der Waals surface area contributed by atoms with E-state index in [0.29, 0.717) is 19.1 Å². The minimum atomic E-state index is -3.00. The number of rotatable bonds is 6. The largest absolute Gasteiger partial charge is 0.313 e. The van der Waals surface area contributed by atoms with Crippen LogP contribution in [0.3, 0.4) is 0 Å². The number of nitrogens with zero attached hydrogens (tertiary/aromatic N) is 1. The third kappa shape index (κ3) is 3.42. The Morgan fingerprint density at radius 3 is 2.53 bits per heavy atom. The van der Waals surface area contributed by atoms with Crippen LogP contribution in [0.1, 0.15) is 45.4 Å². The van der Waals surface area contributed by atoms with Gasteiger partial charge in [0, 0.05) is 19.1 Å². The zero-order chi connectivity index (χ0) is 12.3. The van der Waals surface area contributed by atoms with Crippen LogP contribution in [0.4, 0.5) is 0 Å². The Morgan fingerprint density at radius 2 is 2.00 bits per heavy atom. The highest BCUT2D eigenvalue weighted by atomic mass is 32.2. The molecule has 1 heterocycles. The summed E-state index contributed by atoms with van der Waals surface area (Å²) in [5.41, 5.74) is 0. The van der Waals surface area contributed by atoms with E-state index in [1.807, 2.05) is 6.92 Å². The fourth-order valence-electron chi connectivity index (χ4n) is 2.47. The van der Waals surface area contributed by atoms with Crippen molar-refractivity contribution in [2.24, 2.45) is 0 Å². The van der Waals surface area contributed by atoms with Crippen molar-refractivity contribution in [3.05, 3.63) is 0 Å². The summed E-state index contributed by atoms with van der Waals surface area (Å²) in [5, 5.41) is 3.36. The summed E-state index contributed by atoms with van der Waals surface area (Å²) in [7, 11) is -3.00. The van der Waals surface area contributed by atoms with Crippen molar-refractivity contribution in [1.29, 1.82) is 0 Å². The molecule has 17 heavy (non-hydrogen) atoms. The SMILES string of the molecule is CCCN(CC1CCCCN1)S(=O)(=O)C1CC1. The smallest absolute Gasteiger partial charge is 0.217 e. The standard InChI is InChI=1S/C12H24N2O2S/c1-2-9-14(17(15,16)12-6-7-12)10-11-5-3-4-8-13-11/h11-13H,2-10H2,1H3. The van der Waals surface area contributed by atoms with Crippen LogP contribution in [-0.4, -0.2) is 43.6 Å². The molecule has 0 radical (unpaired) electrons. The third-order valence-electron chi connectivity index (χ3n) is 3.61. The van der Waals surface area contributed by atoms with Gasteiger partial charge < -0.3 is 5.32 Å². The van der Waals surface area contributed by atoms with E-state index in [1.165, 1.54) is 12.8 Å². The molecule has 1 aliphatic carbocycles. The van der Waals surface area contributed by atoms with Crippen LogP contribution >= 0.6 is 0 Å². The fraction of sp³-hybridized carbons (Fsp3) is 1.00. The number of sulfonamides is 1. The number of hydrogen-bond acceptors (Lipinski definition) is 3. The molecule has 0 aromatic heterocycles. The topological polar surface area (TPSA) is 49.4 Å². The van der Waals surface area contributed by atoms with E-state index in [0.717, 1.165) is 32.2 Å². The highest BCUT2D eigenvalue weighted by Crippen LogP contribution is 2.31. The van der Waals surface area contributed by atoms with Gasteiger partial charge in [-0.25, -0.2) is 12.7 Å². The van der Waals surface area contributed by atoms with Crippen molar-refractivity contribution < 1.29 is 8.42 Å². The van der Waals surface area contributed by atoms with Gasteiger partial charge in [-0.15, -0.1) is 0 Å². The van der Waals surface area contributed by atoms with Crippen molar-refractivity contribution in [2.45, 2.75) is 56.7 Å². The van der Waals surface area contributed by atoms with Crippen molar-refractivity contribution in [1.82, 2.24) is 9.62 Å². The van der Waals surface area contributed by atoms with Crippen LogP contribution in [0.15, 0.2) is 0 Å². The van der Waals surface area contributed by atoms with E-state index in [4.69, 9.17) is 0 Å². The van der Waals surface area contributed by atoms with Crippen molar-refractivity contribution >= 4 is 10.0 Å². The van der Waals surface area contributed by atoms with Gasteiger partial charge in [-0.05, 0) is 38.6 Å². The van der Waals surface area contributed by atoms with Gasteiger partial charge in [-0.1, -0.05) is 13.3 Å². The molecule has 100 valence electrons. The molecule has 5 heteroatoms. The van der Waals surface area contributed by atoms with Crippen LogP contribution in [0, 0.1) is 0 Å². The Hall–Kier alpha value is -0.130. The Kier molecular flexibility index (Phi) is 4.44. The number of piperidine rings is 1. The van der Waals surface area contributed by atoms with Crippen LogP contribution in [-0.2, 0) is 10.0 Å². The molecule has 1 saturated heterocycles. The molecule has 0 aromatic carbocycles. The summed E-state index contributed by atoms with van der Waals surface area (Å²) in [6, 6.07) is 0.365. The third-order valence-corrected chi connectivity index (χ3v) is 5.98. The van der Waals surface area contributed by atoms with Gasteiger partial charge >= 0.3 is 0 Å². The molecule has 0 aromatic rings. The zero-order valence-corrected chi connectivity index (χ0v) is 11.5. The summed E-state index contributed by atoms with van der Waals surface area (Å²) in [4.78, 5) is 0. The molecule has 0 amide bonds. The van der Waals surface area contributed by atoms with E-state index in [1.54, 1.807) is 4.31 Å². The average Bonchev–Trinajstić information content (AvgIpc) is 3.14. The zero-order valence-electron chi connectivity index (χ0n) is 10.7. The second-order valence-corrected chi connectivity index (χ2v) is 7.46. The highest BCUT2D eigenvalue weighted by Gasteiger charge is 2.40. The minimum absolute atomic E-state index is 0.0716. The number of hydrogen-bond donors (Lipinski definition) is 1. The van der Waals surface area contributed by atoms with Crippen LogP contribution < -0.4 is 5.32 Å². The summed E-state index contributed by atoms with van der Waals surface area (Å²) in [6.07, 6.45) is 6.18. The van der Waals surface area contributed by atoms with E-state index in [2.05, 4.69) is 5.32 Å². The predicted octanol–water partition coefficient (Wildman–Crippen LogP) is 1.33. The molecule has 1 atom stereocenters. The van der Waals surface area contributed by atoms with Gasteiger partial charge in [-0.3, -0.25) is 0 Å². The van der Waals surface area contributed by atoms with Gasteiger partial charge in [0.05, 0.1) is 5.25 Å². The lowest BCUT2D eigenvalue weighted by Gasteiger charge is -2.30. The van der Waals surface area contributed by atoms with E-state index >= 15 is 0 Å². The molecular formula is C12H24N2O2S. The lowest BCUT2D eigenvalue weighted by Crippen LogP contribution is -2.46. The van der Waals surface area contributed by atoms with Crippen LogP contribution in [0.2, 0.25) is 0 Å². The molecule has 2 aliphatic rings. The van der Waals surface area contributed by atoms with Gasteiger partial charge in [-0.2, -0.15) is 0 Å². The molecule has 2 fully saturated rings. The lowest BCUT2D eigenvalue weighted by molar-refractivity contribution is 0.312. The summed E-state index contributed by atoms with van der Waals surface area (Å²) < 4.78 is 26.2. The average molecular weight is 260 g/mol. The second kappa shape index (κ2) is 5.67. The molecule has 1 N–H and O–H groups in total. The van der Waals surface area contributed by atoms with Gasteiger partial charge in [0.2, 0.25) is 10.0 Å². The lowest BCUT2D eigenvalue weighted by atomic mass is 10.1. The van der Waals surface area contributed by atoms with Crippen LogP contribution in [0.5, 0.6) is 0 Å². The first-order valence-electron chi connectivity index (χ1n) is 6.87. The predicted molar refractivity (Wildman–Crippen MR) is 69.4 cm³/mol. The minimum Gasteiger partial charge on any atom is -0.313 e. The van der Waals surface area contributed by atoms with Gasteiger partial charge in [0.25, 0.3) is 0 Å². The van der Waals surface area contributed by atoms with Crippen LogP contribution in [0.25, 0.3) is 0 Å². The van der Waals surface area contributed by atoms with Crippen molar-refractivity contribution in [2.75, 3.05) is 19.6 Å². The fourth-order valence-corrected chi connectivity index (χ4v) is 4.45. The number of nitrogens with one attached hydrogen (secondary N) is 1. The first-order chi connectivity index (χ1) is 8.14. The maximum absolute atomic E-state index is 12.3. The van der Waals surface area contributed by atoms with Crippen molar-refractivity contribution in [3.8, 4) is 0 Å². The molecule has 1 saturated carbocycles. The first kappa shape index (κ1) is 13.3. The summed E-state index contributed by atoms with van der Waals surface area (Å²) >= 11 is 0. The molecule has 0 bridgehead atoms. The Balaban J connectivity index is 1.96. The van der Waals surface area contributed by atoms with E-state index in [9.17, 15) is 8.42 Å². The van der Waals surface area contributed by atoms with Gasteiger partial charge in [0.1, 0.15) is 0 Å². The molecule has 1 aliphatic heterocycles. The quantitative estimate of drug-likeness (QED) is 0.784. The maximum Gasteiger partial charge on any atom is 0.217 e. The first-order valence-corrected chi connectivity index (χ1v) is 8.37. The monoisotopic (exact) mass is 260 g/mol. The van der Waals surface area contributed by atoms with E-state index < -0.39 is 10.0 Å². The summed E-state index contributed by atoms with van der Waals surface area (Å²) in [6.45, 7) is 4.43. The Bertz CT molecular complexity index is 332. The Morgan fingerprint density at radius 1 is 1.24 bits per heavy atom. The van der Waals surface area contributed by atoms with Gasteiger partial charge in [0.15, 0.2) is 0 Å². The molecule has 1 unspecified atom stereocenters. The Labute approximate surface area is 105 Å². The molecule has 0 spiro atoms. The second-order valence-electron chi connectivity index (χ2n) is 5.25.